The number of hydrogen-bond donors (Lipinski definition) is 1. The normalized spacial score (nSPS) is 20.2. The number of carbonyl (C=O) groups is 1. The third-order valence-electron chi connectivity index (χ3n) is 4.55. The minimum atomic E-state index is -0.452. The van der Waals surface area contributed by atoms with E-state index in [4.69, 9.17) is 4.74 Å². The summed E-state index contributed by atoms with van der Waals surface area (Å²) in [5.41, 5.74) is 0.651. The number of methoxy groups -OCH3 is 1. The molecule has 0 bridgehead atoms. The molecule has 1 N–H and O–H groups in total. The van der Waals surface area contributed by atoms with Crippen LogP contribution in [0, 0.1) is 11.3 Å². The molecule has 0 amide bonds. The summed E-state index contributed by atoms with van der Waals surface area (Å²) in [4.78, 5) is 14.3. The molecular formula is C17H25NO3. The van der Waals surface area contributed by atoms with Crippen LogP contribution in [0.2, 0.25) is 0 Å². The number of carbonyl (C=O) groups excluding carboxylic acids is 1. The van der Waals surface area contributed by atoms with Crippen molar-refractivity contribution in [1.29, 1.82) is 0 Å². The van der Waals surface area contributed by atoms with Crippen LogP contribution >= 0.6 is 0 Å². The third kappa shape index (κ3) is 3.76. The van der Waals surface area contributed by atoms with Crippen molar-refractivity contribution in [3.05, 3.63) is 29.8 Å². The zero-order valence-corrected chi connectivity index (χ0v) is 13.1. The van der Waals surface area contributed by atoms with E-state index in [0.717, 1.165) is 38.0 Å². The summed E-state index contributed by atoms with van der Waals surface area (Å²) in [5, 5.41) is 9.55. The second-order valence-corrected chi connectivity index (χ2v) is 6.46. The Labute approximate surface area is 126 Å². The van der Waals surface area contributed by atoms with Crippen LogP contribution in [0.1, 0.15) is 32.3 Å². The van der Waals surface area contributed by atoms with Gasteiger partial charge < -0.3 is 9.84 Å². The van der Waals surface area contributed by atoms with Crippen LogP contribution in [0.3, 0.4) is 0 Å². The van der Waals surface area contributed by atoms with Crippen LogP contribution in [0.4, 0.5) is 0 Å². The van der Waals surface area contributed by atoms with E-state index in [2.05, 4.69) is 4.90 Å². The largest absolute Gasteiger partial charge is 0.508 e. The van der Waals surface area contributed by atoms with Crippen LogP contribution in [0.15, 0.2) is 24.3 Å². The van der Waals surface area contributed by atoms with Crippen molar-refractivity contribution in [2.45, 2.75) is 33.2 Å². The quantitative estimate of drug-likeness (QED) is 0.867. The first-order chi connectivity index (χ1) is 9.93. The number of aromatic hydroxyl groups is 1. The number of likely N-dealkylation sites (tertiary alicyclic amines) is 1. The van der Waals surface area contributed by atoms with Crippen molar-refractivity contribution in [1.82, 2.24) is 4.90 Å². The van der Waals surface area contributed by atoms with Gasteiger partial charge in [0.2, 0.25) is 0 Å². The van der Waals surface area contributed by atoms with Gasteiger partial charge in [0.15, 0.2) is 0 Å². The Morgan fingerprint density at radius 2 is 2.24 bits per heavy atom. The molecule has 21 heavy (non-hydrogen) atoms. The summed E-state index contributed by atoms with van der Waals surface area (Å²) >= 11 is 0. The molecule has 4 nitrogen and oxygen atoms in total. The maximum atomic E-state index is 12.0. The first-order valence-corrected chi connectivity index (χ1v) is 7.52. The Kier molecular flexibility index (Phi) is 4.88. The van der Waals surface area contributed by atoms with Gasteiger partial charge in [-0.1, -0.05) is 12.1 Å². The van der Waals surface area contributed by atoms with Crippen molar-refractivity contribution in [3.63, 3.8) is 0 Å². The molecule has 0 spiro atoms. The molecule has 1 aromatic carbocycles. The molecule has 116 valence electrons. The highest BCUT2D eigenvalue weighted by molar-refractivity contribution is 5.76. The zero-order valence-electron chi connectivity index (χ0n) is 13.1. The molecule has 2 rings (SSSR count). The molecule has 1 aliphatic rings. The van der Waals surface area contributed by atoms with Crippen LogP contribution < -0.4 is 0 Å². The molecule has 1 fully saturated rings. The standard InChI is InChI=1S/C17H25NO3/c1-17(2,16(20)21-3)14-7-5-9-18(12-14)11-13-6-4-8-15(19)10-13/h4,6,8,10,14,19H,5,7,9,11-12H2,1-3H3. The van der Waals surface area contributed by atoms with Gasteiger partial charge in [-0.2, -0.15) is 0 Å². The van der Waals surface area contributed by atoms with Crippen molar-refractivity contribution in [2.75, 3.05) is 20.2 Å². The summed E-state index contributed by atoms with van der Waals surface area (Å²) in [6.07, 6.45) is 2.14. The van der Waals surface area contributed by atoms with E-state index in [1.165, 1.54) is 7.11 Å². The molecule has 1 aromatic rings. The fourth-order valence-electron chi connectivity index (χ4n) is 3.13. The highest BCUT2D eigenvalue weighted by atomic mass is 16.5. The first-order valence-electron chi connectivity index (χ1n) is 7.52. The van der Waals surface area contributed by atoms with E-state index >= 15 is 0 Å². The molecule has 0 radical (unpaired) electrons. The van der Waals surface area contributed by atoms with E-state index in [-0.39, 0.29) is 5.97 Å². The van der Waals surface area contributed by atoms with Crippen LogP contribution in [-0.4, -0.2) is 36.2 Å². The fraction of sp³-hybridized carbons (Fsp3) is 0.588. The van der Waals surface area contributed by atoms with E-state index in [1.54, 1.807) is 12.1 Å². The lowest BCUT2D eigenvalue weighted by molar-refractivity contribution is -0.155. The molecule has 0 aromatic heterocycles. The summed E-state index contributed by atoms with van der Waals surface area (Å²) < 4.78 is 4.95. The number of benzene rings is 1. The number of hydrogen-bond acceptors (Lipinski definition) is 4. The lowest BCUT2D eigenvalue weighted by Crippen LogP contribution is -2.44. The van der Waals surface area contributed by atoms with Crippen molar-refractivity contribution in [3.8, 4) is 5.75 Å². The maximum Gasteiger partial charge on any atom is 0.311 e. The van der Waals surface area contributed by atoms with Gasteiger partial charge in [-0.05, 0) is 56.8 Å². The average Bonchev–Trinajstić information content (AvgIpc) is 2.46. The van der Waals surface area contributed by atoms with Crippen molar-refractivity contribution < 1.29 is 14.6 Å². The van der Waals surface area contributed by atoms with E-state index in [1.807, 2.05) is 26.0 Å². The number of piperidine rings is 1. The Morgan fingerprint density at radius 1 is 1.48 bits per heavy atom. The molecule has 4 heteroatoms. The number of phenols is 1. The minimum Gasteiger partial charge on any atom is -0.508 e. The topological polar surface area (TPSA) is 49.8 Å². The van der Waals surface area contributed by atoms with Gasteiger partial charge in [-0.25, -0.2) is 0 Å². The van der Waals surface area contributed by atoms with Gasteiger partial charge in [0.05, 0.1) is 12.5 Å². The average molecular weight is 291 g/mol. The van der Waals surface area contributed by atoms with Crippen LogP contribution in [0.25, 0.3) is 0 Å². The lowest BCUT2D eigenvalue weighted by Gasteiger charge is -2.39. The van der Waals surface area contributed by atoms with Gasteiger partial charge in [0.1, 0.15) is 5.75 Å². The second kappa shape index (κ2) is 6.48. The molecule has 1 unspecified atom stereocenters. The summed E-state index contributed by atoms with van der Waals surface area (Å²) in [6, 6.07) is 7.37. The SMILES string of the molecule is COC(=O)C(C)(C)C1CCCN(Cc2cccc(O)c2)C1. The van der Waals surface area contributed by atoms with Crippen molar-refractivity contribution >= 4 is 5.97 Å². The lowest BCUT2D eigenvalue weighted by atomic mass is 9.74. The number of nitrogens with zero attached hydrogens (tertiary/aromatic N) is 1. The molecule has 0 aliphatic carbocycles. The summed E-state index contributed by atoms with van der Waals surface area (Å²) in [7, 11) is 1.46. The highest BCUT2D eigenvalue weighted by Crippen LogP contribution is 2.35. The minimum absolute atomic E-state index is 0.133. The Hall–Kier alpha value is -1.55. The van der Waals surface area contributed by atoms with Crippen molar-refractivity contribution in [2.24, 2.45) is 11.3 Å². The number of esters is 1. The van der Waals surface area contributed by atoms with E-state index in [9.17, 15) is 9.90 Å². The molecule has 1 heterocycles. The van der Waals surface area contributed by atoms with Gasteiger partial charge in [0.25, 0.3) is 0 Å². The summed E-state index contributed by atoms with van der Waals surface area (Å²) in [6.45, 7) is 6.67. The fourth-order valence-corrected chi connectivity index (χ4v) is 3.13. The van der Waals surface area contributed by atoms with Gasteiger partial charge >= 0.3 is 5.97 Å². The number of rotatable bonds is 4. The first kappa shape index (κ1) is 15.8. The highest BCUT2D eigenvalue weighted by Gasteiger charge is 2.39. The Bertz CT molecular complexity index is 499. The molecule has 1 saturated heterocycles. The monoisotopic (exact) mass is 291 g/mol. The Balaban J connectivity index is 2.02. The Morgan fingerprint density at radius 3 is 2.90 bits per heavy atom. The second-order valence-electron chi connectivity index (χ2n) is 6.46. The smallest absolute Gasteiger partial charge is 0.311 e. The maximum absolute atomic E-state index is 12.0. The number of ether oxygens (including phenoxy) is 1. The molecule has 1 aliphatic heterocycles. The van der Waals surface area contributed by atoms with Gasteiger partial charge in [-0.3, -0.25) is 9.69 Å². The predicted octanol–water partition coefficient (Wildman–Crippen LogP) is 2.80. The number of phenolic OH excluding ortho intramolecular Hbond substituents is 1. The van der Waals surface area contributed by atoms with Crippen LogP contribution in [0.5, 0.6) is 5.75 Å². The van der Waals surface area contributed by atoms with Gasteiger partial charge in [0, 0.05) is 13.1 Å². The zero-order chi connectivity index (χ0) is 15.5. The third-order valence-corrected chi connectivity index (χ3v) is 4.55. The molecule has 0 saturated carbocycles. The van der Waals surface area contributed by atoms with Crippen LogP contribution in [-0.2, 0) is 16.1 Å². The molecule has 1 atom stereocenters. The predicted molar refractivity (Wildman–Crippen MR) is 81.9 cm³/mol. The van der Waals surface area contributed by atoms with E-state index < -0.39 is 5.41 Å². The molecular weight excluding hydrogens is 266 g/mol. The summed E-state index contributed by atoms with van der Waals surface area (Å²) in [5.74, 6) is 0.471. The van der Waals surface area contributed by atoms with E-state index in [0.29, 0.717) is 11.7 Å². The van der Waals surface area contributed by atoms with Gasteiger partial charge in [-0.15, -0.1) is 0 Å².